The average Bonchev–Trinajstić information content (AvgIpc) is 2.93. The number of rotatable bonds is 5. The first-order valence-electron chi connectivity index (χ1n) is 5.39. The van der Waals surface area contributed by atoms with Crippen molar-refractivity contribution in [2.24, 2.45) is 0 Å². The van der Waals surface area contributed by atoms with Gasteiger partial charge in [-0.15, -0.1) is 16.7 Å². The maximum absolute atomic E-state index is 10.6. The highest BCUT2D eigenvalue weighted by Crippen LogP contribution is 2.17. The lowest BCUT2D eigenvalue weighted by molar-refractivity contribution is -0.104. The lowest BCUT2D eigenvalue weighted by atomic mass is 10.2. The Morgan fingerprint density at radius 2 is 2.11 bits per heavy atom. The molecular formula is C12H10Cl2N4O. The Morgan fingerprint density at radius 3 is 2.74 bits per heavy atom. The van der Waals surface area contributed by atoms with Crippen molar-refractivity contribution in [3.05, 3.63) is 41.1 Å². The summed E-state index contributed by atoms with van der Waals surface area (Å²) < 4.78 is 0. The summed E-state index contributed by atoms with van der Waals surface area (Å²) in [6.07, 6.45) is 0.511. The number of aldehydes is 1. The van der Waals surface area contributed by atoms with Gasteiger partial charge in [0.25, 0.3) is 0 Å². The van der Waals surface area contributed by atoms with E-state index >= 15 is 0 Å². The Labute approximate surface area is 119 Å². The van der Waals surface area contributed by atoms with Crippen LogP contribution in [-0.4, -0.2) is 27.3 Å². The lowest BCUT2D eigenvalue weighted by Gasteiger charge is -2.03. The molecule has 2 N–H and O–H groups in total. The molecule has 19 heavy (non-hydrogen) atoms. The highest BCUT2D eigenvalue weighted by Gasteiger charge is 2.08. The first kappa shape index (κ1) is 13.6. The summed E-state index contributed by atoms with van der Waals surface area (Å²) in [5, 5.41) is 9.57. The number of hydrogen-bond donors (Lipinski definition) is 2. The van der Waals surface area contributed by atoms with Gasteiger partial charge in [-0.3, -0.25) is 9.89 Å². The molecule has 0 spiro atoms. The van der Waals surface area contributed by atoms with Crippen molar-refractivity contribution in [1.29, 1.82) is 0 Å². The van der Waals surface area contributed by atoms with E-state index in [9.17, 15) is 4.79 Å². The fourth-order valence-electron chi connectivity index (χ4n) is 1.41. The number of carbonyl (C=O) groups is 1. The zero-order valence-electron chi connectivity index (χ0n) is 9.73. The van der Waals surface area contributed by atoms with E-state index in [4.69, 9.17) is 23.2 Å². The van der Waals surface area contributed by atoms with Crippen molar-refractivity contribution >= 4 is 35.4 Å². The molecule has 2 aromatic rings. The van der Waals surface area contributed by atoms with Crippen LogP contribution in [0.5, 0.6) is 0 Å². The predicted molar refractivity (Wildman–Crippen MR) is 75.1 cm³/mol. The third-order valence-electron chi connectivity index (χ3n) is 2.32. The van der Waals surface area contributed by atoms with Crippen molar-refractivity contribution in [3.8, 4) is 11.4 Å². The number of aromatic amines is 1. The smallest absolute Gasteiger partial charge is 0.246 e. The zero-order valence-corrected chi connectivity index (χ0v) is 11.2. The minimum Gasteiger partial charge on any atom is -0.324 e. The number of benzene rings is 1. The number of anilines is 1. The molecule has 1 heterocycles. The molecule has 0 unspecified atom stereocenters. The molecule has 0 saturated carbocycles. The van der Waals surface area contributed by atoms with Crippen LogP contribution in [0.2, 0.25) is 0 Å². The predicted octanol–water partition coefficient (Wildman–Crippen LogP) is 2.77. The van der Waals surface area contributed by atoms with Crippen LogP contribution >= 0.6 is 23.2 Å². The second-order valence-corrected chi connectivity index (χ2v) is 4.25. The van der Waals surface area contributed by atoms with Gasteiger partial charge in [0.1, 0.15) is 5.03 Å². The summed E-state index contributed by atoms with van der Waals surface area (Å²) in [6.45, 7) is 0. The summed E-state index contributed by atoms with van der Waals surface area (Å²) in [5.74, 6) is 0.973. The quantitative estimate of drug-likeness (QED) is 0.506. The van der Waals surface area contributed by atoms with Gasteiger partial charge in [0, 0.05) is 5.56 Å². The van der Waals surface area contributed by atoms with Crippen LogP contribution in [0.15, 0.2) is 41.1 Å². The van der Waals surface area contributed by atoms with Crippen LogP contribution in [0.4, 0.5) is 5.95 Å². The van der Waals surface area contributed by atoms with Crippen LogP contribution in [0, 0.1) is 0 Å². The van der Waals surface area contributed by atoms with E-state index in [0.29, 0.717) is 23.8 Å². The van der Waals surface area contributed by atoms with Gasteiger partial charge in [-0.2, -0.15) is 4.98 Å². The third-order valence-corrected chi connectivity index (χ3v) is 2.91. The van der Waals surface area contributed by atoms with Crippen LogP contribution in [0.1, 0.15) is 0 Å². The molecule has 0 fully saturated rings. The van der Waals surface area contributed by atoms with Gasteiger partial charge >= 0.3 is 0 Å². The molecule has 1 aromatic carbocycles. The van der Waals surface area contributed by atoms with E-state index in [1.165, 1.54) is 0 Å². The van der Waals surface area contributed by atoms with E-state index in [1.54, 1.807) is 0 Å². The van der Waals surface area contributed by atoms with Crippen LogP contribution < -0.4 is 5.32 Å². The minimum atomic E-state index is 0.000983. The molecule has 1 aromatic heterocycles. The minimum absolute atomic E-state index is 0.000983. The van der Waals surface area contributed by atoms with Crippen LogP contribution in [0.3, 0.4) is 0 Å². The standard InChI is InChI=1S/C12H10Cl2N4O/c13-6-10(9(14)7-19)15-12-16-11(17-18-12)8-4-2-1-3-5-8/h1-5,7H,6H2,(H2,15,16,17,18)/b10-9+. The van der Waals surface area contributed by atoms with E-state index in [1.807, 2.05) is 30.3 Å². The fourth-order valence-corrected chi connectivity index (χ4v) is 1.80. The first-order valence-corrected chi connectivity index (χ1v) is 6.30. The molecule has 0 amide bonds. The topological polar surface area (TPSA) is 70.7 Å². The average molecular weight is 297 g/mol. The number of H-pyrrole nitrogens is 1. The summed E-state index contributed by atoms with van der Waals surface area (Å²) >= 11 is 11.4. The second kappa shape index (κ2) is 6.36. The Hall–Kier alpha value is -1.85. The van der Waals surface area contributed by atoms with Crippen molar-refractivity contribution in [2.75, 3.05) is 11.2 Å². The summed E-state index contributed by atoms with van der Waals surface area (Å²) in [4.78, 5) is 14.8. The van der Waals surface area contributed by atoms with E-state index in [0.717, 1.165) is 5.56 Å². The molecule has 0 aliphatic heterocycles. The fraction of sp³-hybridized carbons (Fsp3) is 0.0833. The van der Waals surface area contributed by atoms with Crippen molar-refractivity contribution in [2.45, 2.75) is 0 Å². The van der Waals surface area contributed by atoms with Gasteiger partial charge in [-0.1, -0.05) is 41.9 Å². The highest BCUT2D eigenvalue weighted by molar-refractivity contribution is 6.39. The first-order chi connectivity index (χ1) is 9.24. The molecule has 0 aliphatic rings. The van der Waals surface area contributed by atoms with E-state index in [2.05, 4.69) is 20.5 Å². The van der Waals surface area contributed by atoms with Gasteiger partial charge in [-0.05, 0) is 0 Å². The number of nitrogens with one attached hydrogen (secondary N) is 2. The number of aromatic nitrogens is 3. The van der Waals surface area contributed by atoms with E-state index < -0.39 is 0 Å². The van der Waals surface area contributed by atoms with Crippen molar-refractivity contribution in [3.63, 3.8) is 0 Å². The molecule has 7 heteroatoms. The molecule has 5 nitrogen and oxygen atoms in total. The normalized spacial score (nSPS) is 11.9. The zero-order chi connectivity index (χ0) is 13.7. The molecule has 0 radical (unpaired) electrons. The molecular weight excluding hydrogens is 287 g/mol. The summed E-state index contributed by atoms with van der Waals surface area (Å²) in [7, 11) is 0. The number of alkyl halides is 1. The maximum atomic E-state index is 10.6. The SMILES string of the molecule is O=C/C(Cl)=C(/CCl)Nc1n[nH]c(-c2ccccc2)n1. The van der Waals surface area contributed by atoms with Gasteiger partial charge in [0.15, 0.2) is 12.1 Å². The van der Waals surface area contributed by atoms with Crippen molar-refractivity contribution < 1.29 is 4.79 Å². The number of hydrogen-bond acceptors (Lipinski definition) is 4. The number of halogens is 2. The van der Waals surface area contributed by atoms with Gasteiger partial charge in [0.2, 0.25) is 5.95 Å². The number of nitrogens with zero attached hydrogens (tertiary/aromatic N) is 2. The van der Waals surface area contributed by atoms with Gasteiger partial charge < -0.3 is 5.32 Å². The molecule has 0 bridgehead atoms. The van der Waals surface area contributed by atoms with Gasteiger partial charge in [-0.25, -0.2) is 0 Å². The lowest BCUT2D eigenvalue weighted by Crippen LogP contribution is -2.05. The Bertz CT molecular complexity index is 595. The molecule has 2 rings (SSSR count). The maximum Gasteiger partial charge on any atom is 0.246 e. The summed E-state index contributed by atoms with van der Waals surface area (Å²) in [6, 6.07) is 9.52. The van der Waals surface area contributed by atoms with E-state index in [-0.39, 0.29) is 10.9 Å². The van der Waals surface area contributed by atoms with Crippen LogP contribution in [-0.2, 0) is 4.79 Å². The summed E-state index contributed by atoms with van der Waals surface area (Å²) in [5.41, 5.74) is 1.26. The largest absolute Gasteiger partial charge is 0.324 e. The third kappa shape index (κ3) is 3.33. The van der Waals surface area contributed by atoms with Gasteiger partial charge in [0.05, 0.1) is 11.6 Å². The number of allylic oxidation sites excluding steroid dienone is 2. The Morgan fingerprint density at radius 1 is 1.37 bits per heavy atom. The second-order valence-electron chi connectivity index (χ2n) is 3.58. The highest BCUT2D eigenvalue weighted by atomic mass is 35.5. The van der Waals surface area contributed by atoms with Crippen LogP contribution in [0.25, 0.3) is 11.4 Å². The monoisotopic (exact) mass is 296 g/mol. The molecule has 0 aliphatic carbocycles. The molecule has 98 valence electrons. The Balaban J connectivity index is 2.21. The van der Waals surface area contributed by atoms with Crippen molar-refractivity contribution in [1.82, 2.24) is 15.2 Å². The molecule has 0 atom stereocenters. The molecule has 0 saturated heterocycles. The Kier molecular flexibility index (Phi) is 4.54. The number of carbonyl (C=O) groups excluding carboxylic acids is 1.